The van der Waals surface area contributed by atoms with E-state index >= 15 is 0 Å². The van der Waals surface area contributed by atoms with Gasteiger partial charge in [-0.15, -0.1) is 0 Å². The fraction of sp³-hybridized carbons (Fsp3) is 0.188. The minimum absolute atomic E-state index is 0.118. The summed E-state index contributed by atoms with van der Waals surface area (Å²) in [7, 11) is 3.94. The van der Waals surface area contributed by atoms with Crippen LogP contribution in [0.1, 0.15) is 15.9 Å². The molecule has 0 radical (unpaired) electrons. The summed E-state index contributed by atoms with van der Waals surface area (Å²) in [4.78, 5) is 14.3. The number of hydrogen-bond donors (Lipinski definition) is 1. The molecule has 0 bridgehead atoms. The van der Waals surface area contributed by atoms with E-state index in [1.54, 1.807) is 0 Å². The molecule has 0 atom stereocenters. The summed E-state index contributed by atoms with van der Waals surface area (Å²) < 4.78 is 0.804. The highest BCUT2D eigenvalue weighted by molar-refractivity contribution is 9.10. The standard InChI is InChI=1S/C16H17BrN2O/c1-11-7-8-14(15(17)9-11)16(20)18-12-5-4-6-13(10-12)19(2)3/h4-10H,1-3H3,(H,18,20). The second kappa shape index (κ2) is 6.09. The number of nitrogens with zero attached hydrogens (tertiary/aromatic N) is 1. The molecule has 104 valence electrons. The van der Waals surface area contributed by atoms with Gasteiger partial charge in [0.1, 0.15) is 0 Å². The molecular formula is C16H17BrN2O. The number of carbonyl (C=O) groups is 1. The van der Waals surface area contributed by atoms with Gasteiger partial charge in [0.15, 0.2) is 0 Å². The molecular weight excluding hydrogens is 316 g/mol. The van der Waals surface area contributed by atoms with Crippen LogP contribution in [0.25, 0.3) is 0 Å². The number of nitrogens with one attached hydrogen (secondary N) is 1. The first-order chi connectivity index (χ1) is 9.47. The van der Waals surface area contributed by atoms with Gasteiger partial charge >= 0.3 is 0 Å². The number of carbonyl (C=O) groups excluding carboxylic acids is 1. The van der Waals surface area contributed by atoms with Gasteiger partial charge in [-0.25, -0.2) is 0 Å². The van der Waals surface area contributed by atoms with Gasteiger partial charge in [-0.3, -0.25) is 4.79 Å². The Morgan fingerprint density at radius 2 is 1.90 bits per heavy atom. The van der Waals surface area contributed by atoms with E-state index in [1.807, 2.05) is 68.4 Å². The number of aryl methyl sites for hydroxylation is 1. The fourth-order valence-corrected chi connectivity index (χ4v) is 2.54. The Morgan fingerprint density at radius 1 is 1.15 bits per heavy atom. The number of rotatable bonds is 3. The highest BCUT2D eigenvalue weighted by Gasteiger charge is 2.10. The predicted molar refractivity (Wildman–Crippen MR) is 87.6 cm³/mol. The largest absolute Gasteiger partial charge is 0.378 e. The summed E-state index contributed by atoms with van der Waals surface area (Å²) in [5, 5.41) is 2.92. The van der Waals surface area contributed by atoms with E-state index in [9.17, 15) is 4.79 Å². The molecule has 3 nitrogen and oxygen atoms in total. The summed E-state index contributed by atoms with van der Waals surface area (Å²) in [5.41, 5.74) is 3.58. The minimum Gasteiger partial charge on any atom is -0.378 e. The van der Waals surface area contributed by atoms with Crippen molar-refractivity contribution < 1.29 is 4.79 Å². The first-order valence-corrected chi connectivity index (χ1v) is 7.11. The normalized spacial score (nSPS) is 10.2. The molecule has 0 unspecified atom stereocenters. The Kier molecular flexibility index (Phi) is 4.45. The van der Waals surface area contributed by atoms with Crippen molar-refractivity contribution in [1.29, 1.82) is 0 Å². The zero-order valence-electron chi connectivity index (χ0n) is 11.8. The van der Waals surface area contributed by atoms with Crippen LogP contribution in [-0.2, 0) is 0 Å². The van der Waals surface area contributed by atoms with Crippen molar-refractivity contribution >= 4 is 33.2 Å². The molecule has 0 spiro atoms. The molecule has 0 aromatic heterocycles. The van der Waals surface area contributed by atoms with E-state index < -0.39 is 0 Å². The Labute approximate surface area is 127 Å². The first kappa shape index (κ1) is 14.6. The lowest BCUT2D eigenvalue weighted by atomic mass is 10.1. The van der Waals surface area contributed by atoms with E-state index in [2.05, 4.69) is 21.2 Å². The zero-order chi connectivity index (χ0) is 14.7. The molecule has 4 heteroatoms. The average molecular weight is 333 g/mol. The van der Waals surface area contributed by atoms with Gasteiger partial charge in [-0.2, -0.15) is 0 Å². The van der Waals surface area contributed by atoms with Gasteiger partial charge in [0.2, 0.25) is 0 Å². The third kappa shape index (κ3) is 3.39. The molecule has 0 fully saturated rings. The lowest BCUT2D eigenvalue weighted by Gasteiger charge is -2.14. The zero-order valence-corrected chi connectivity index (χ0v) is 13.4. The second-order valence-corrected chi connectivity index (χ2v) is 5.74. The second-order valence-electron chi connectivity index (χ2n) is 4.88. The summed E-state index contributed by atoms with van der Waals surface area (Å²) in [6, 6.07) is 13.4. The summed E-state index contributed by atoms with van der Waals surface area (Å²) in [6.45, 7) is 1.99. The van der Waals surface area contributed by atoms with E-state index in [1.165, 1.54) is 0 Å². The summed E-state index contributed by atoms with van der Waals surface area (Å²) in [6.07, 6.45) is 0. The molecule has 0 saturated carbocycles. The number of anilines is 2. The van der Waals surface area contributed by atoms with Crippen molar-refractivity contribution in [3.8, 4) is 0 Å². The maximum absolute atomic E-state index is 12.3. The molecule has 2 aromatic rings. The van der Waals surface area contributed by atoms with Crippen molar-refractivity contribution in [2.24, 2.45) is 0 Å². The fourth-order valence-electron chi connectivity index (χ4n) is 1.86. The highest BCUT2D eigenvalue weighted by atomic mass is 79.9. The first-order valence-electron chi connectivity index (χ1n) is 6.32. The van der Waals surface area contributed by atoms with Crippen molar-refractivity contribution in [3.05, 3.63) is 58.1 Å². The average Bonchev–Trinajstić information content (AvgIpc) is 2.38. The van der Waals surface area contributed by atoms with Crippen LogP contribution in [0, 0.1) is 6.92 Å². The van der Waals surface area contributed by atoms with Gasteiger partial charge in [0.05, 0.1) is 5.56 Å². The molecule has 1 N–H and O–H groups in total. The van der Waals surface area contributed by atoms with Crippen LogP contribution in [0.3, 0.4) is 0 Å². The molecule has 2 aromatic carbocycles. The molecule has 2 rings (SSSR count). The SMILES string of the molecule is Cc1ccc(C(=O)Nc2cccc(N(C)C)c2)c(Br)c1. The van der Waals surface area contributed by atoms with E-state index in [0.29, 0.717) is 5.56 Å². The monoisotopic (exact) mass is 332 g/mol. The van der Waals surface area contributed by atoms with Crippen LogP contribution < -0.4 is 10.2 Å². The topological polar surface area (TPSA) is 32.3 Å². The third-order valence-corrected chi connectivity index (χ3v) is 3.65. The van der Waals surface area contributed by atoms with Gasteiger partial charge in [0.25, 0.3) is 5.91 Å². The predicted octanol–water partition coefficient (Wildman–Crippen LogP) is 4.08. The molecule has 0 aliphatic carbocycles. The molecule has 1 amide bonds. The lowest BCUT2D eigenvalue weighted by Crippen LogP contribution is -2.14. The molecule has 0 heterocycles. The lowest BCUT2D eigenvalue weighted by molar-refractivity contribution is 0.102. The summed E-state index contributed by atoms with van der Waals surface area (Å²) in [5.74, 6) is -0.118. The third-order valence-electron chi connectivity index (χ3n) is 2.99. The molecule has 0 aliphatic heterocycles. The van der Waals surface area contributed by atoms with Gasteiger partial charge < -0.3 is 10.2 Å². The van der Waals surface area contributed by atoms with Gasteiger partial charge in [-0.05, 0) is 58.7 Å². The Morgan fingerprint density at radius 3 is 2.55 bits per heavy atom. The van der Waals surface area contributed by atoms with Crippen LogP contribution in [0.15, 0.2) is 46.9 Å². The van der Waals surface area contributed by atoms with E-state index in [4.69, 9.17) is 0 Å². The van der Waals surface area contributed by atoms with Crippen LogP contribution >= 0.6 is 15.9 Å². The van der Waals surface area contributed by atoms with Crippen molar-refractivity contribution in [2.75, 3.05) is 24.3 Å². The van der Waals surface area contributed by atoms with Crippen molar-refractivity contribution in [2.45, 2.75) is 6.92 Å². The maximum atomic E-state index is 12.3. The van der Waals surface area contributed by atoms with Crippen LogP contribution in [0.2, 0.25) is 0 Å². The van der Waals surface area contributed by atoms with E-state index in [-0.39, 0.29) is 5.91 Å². The van der Waals surface area contributed by atoms with Crippen LogP contribution in [0.5, 0.6) is 0 Å². The molecule has 20 heavy (non-hydrogen) atoms. The smallest absolute Gasteiger partial charge is 0.256 e. The number of halogens is 1. The van der Waals surface area contributed by atoms with Crippen LogP contribution in [-0.4, -0.2) is 20.0 Å². The van der Waals surface area contributed by atoms with Crippen molar-refractivity contribution in [1.82, 2.24) is 0 Å². The Hall–Kier alpha value is -1.81. The number of amides is 1. The minimum atomic E-state index is -0.118. The van der Waals surface area contributed by atoms with Crippen molar-refractivity contribution in [3.63, 3.8) is 0 Å². The van der Waals surface area contributed by atoms with Gasteiger partial charge in [0, 0.05) is 29.9 Å². The Bertz CT molecular complexity index is 638. The molecule has 0 aliphatic rings. The quantitative estimate of drug-likeness (QED) is 0.918. The van der Waals surface area contributed by atoms with Gasteiger partial charge in [-0.1, -0.05) is 12.1 Å². The molecule has 0 saturated heterocycles. The summed E-state index contributed by atoms with van der Waals surface area (Å²) >= 11 is 3.43. The highest BCUT2D eigenvalue weighted by Crippen LogP contribution is 2.21. The van der Waals surface area contributed by atoms with Crippen LogP contribution in [0.4, 0.5) is 11.4 Å². The number of hydrogen-bond acceptors (Lipinski definition) is 2. The maximum Gasteiger partial charge on any atom is 0.256 e. The van der Waals surface area contributed by atoms with E-state index in [0.717, 1.165) is 21.4 Å². The Balaban J connectivity index is 2.21. The number of benzene rings is 2.